The second-order valence-electron chi connectivity index (χ2n) is 17.2. The highest BCUT2D eigenvalue weighted by Gasteiger charge is 2.65. The van der Waals surface area contributed by atoms with Crippen LogP contribution in [0.25, 0.3) is 11.1 Å². The van der Waals surface area contributed by atoms with E-state index in [9.17, 15) is 0 Å². The van der Waals surface area contributed by atoms with E-state index in [1.807, 2.05) is 0 Å². The summed E-state index contributed by atoms with van der Waals surface area (Å²) in [6, 6.07) is 43.4. The molecule has 5 aromatic rings. The number of anilines is 3. The van der Waals surface area contributed by atoms with Crippen LogP contribution in [0.3, 0.4) is 0 Å². The minimum absolute atomic E-state index is 0.00393. The van der Waals surface area contributed by atoms with Crippen LogP contribution >= 0.6 is 0 Å². The number of fused-ring (bicyclic) bond motifs is 3. The normalized spacial score (nSPS) is 27.7. The zero-order chi connectivity index (χ0) is 33.1. The van der Waals surface area contributed by atoms with Crippen LogP contribution in [-0.4, -0.2) is 0 Å². The molecule has 5 unspecified atom stereocenters. The van der Waals surface area contributed by atoms with Crippen molar-refractivity contribution in [3.63, 3.8) is 0 Å². The molecule has 4 fully saturated rings. The third-order valence-electron chi connectivity index (χ3n) is 13.8. The molecule has 1 heterocycles. The molecule has 0 saturated heterocycles. The first-order valence-electron chi connectivity index (χ1n) is 18.8. The van der Waals surface area contributed by atoms with Crippen LogP contribution in [0.5, 0.6) is 11.5 Å². The molecule has 246 valence electrons. The molecule has 0 radical (unpaired) electrons. The summed E-state index contributed by atoms with van der Waals surface area (Å²) in [6.07, 6.45) is 7.86. The largest absolute Gasteiger partial charge is 0.457 e. The molecule has 0 N–H and O–H groups in total. The lowest BCUT2D eigenvalue weighted by Gasteiger charge is -2.49. The van der Waals surface area contributed by atoms with E-state index in [1.54, 1.807) is 0 Å². The molecule has 2 heteroatoms. The van der Waals surface area contributed by atoms with Crippen LogP contribution in [-0.2, 0) is 16.2 Å². The molecular weight excluding hydrogens is 595 g/mol. The molecule has 5 aromatic carbocycles. The fourth-order valence-electron chi connectivity index (χ4n) is 11.5. The zero-order valence-corrected chi connectivity index (χ0v) is 29.4. The van der Waals surface area contributed by atoms with Gasteiger partial charge in [0.05, 0.1) is 5.69 Å². The van der Waals surface area contributed by atoms with Crippen molar-refractivity contribution >= 4 is 17.1 Å². The topological polar surface area (TPSA) is 12.5 Å². The quantitative estimate of drug-likeness (QED) is 0.194. The van der Waals surface area contributed by atoms with Crippen LogP contribution in [0, 0.1) is 23.7 Å². The first kappa shape index (κ1) is 29.6. The molecule has 2 nitrogen and oxygen atoms in total. The third kappa shape index (κ3) is 4.19. The standard InChI is InChI=1S/C47H47NO/c1-45(2)21-22-46(3,4)40-27-35(19-20-37(40)45)48(34-15-9-6-10-16-34)42-29-41-44(28-36(42)31-13-7-5-8-14-31)49-43-18-12-11-17-38(43)47(41)33-24-30-23-32(26-33)39(47)25-30/h5-20,27-30,32-33,39H,21-26H2,1-4H3. The van der Waals surface area contributed by atoms with E-state index >= 15 is 0 Å². The Labute approximate surface area is 292 Å². The lowest BCUT2D eigenvalue weighted by molar-refractivity contribution is 0.173. The van der Waals surface area contributed by atoms with E-state index in [0.717, 1.165) is 23.3 Å². The van der Waals surface area contributed by atoms with Crippen LogP contribution in [0.15, 0.2) is 115 Å². The van der Waals surface area contributed by atoms with E-state index < -0.39 is 0 Å². The number of hydrogen-bond acceptors (Lipinski definition) is 2. The predicted molar refractivity (Wildman–Crippen MR) is 202 cm³/mol. The highest BCUT2D eigenvalue weighted by Crippen LogP contribution is 2.73. The Kier molecular flexibility index (Phi) is 6.26. The van der Waals surface area contributed by atoms with Gasteiger partial charge in [0.15, 0.2) is 0 Å². The number of benzene rings is 5. The fourth-order valence-corrected chi connectivity index (χ4v) is 11.5. The summed E-state index contributed by atoms with van der Waals surface area (Å²) < 4.78 is 6.99. The highest BCUT2D eigenvalue weighted by molar-refractivity contribution is 5.90. The summed E-state index contributed by atoms with van der Waals surface area (Å²) in [4.78, 5) is 2.56. The van der Waals surface area contributed by atoms with Crippen molar-refractivity contribution in [3.05, 3.63) is 138 Å². The van der Waals surface area contributed by atoms with Gasteiger partial charge in [-0.2, -0.15) is 0 Å². The van der Waals surface area contributed by atoms with Crippen LogP contribution in [0.2, 0.25) is 0 Å². The maximum atomic E-state index is 6.99. The first-order chi connectivity index (χ1) is 23.7. The predicted octanol–water partition coefficient (Wildman–Crippen LogP) is 12.6. The molecular formula is C47H47NO. The van der Waals surface area contributed by atoms with Gasteiger partial charge in [-0.25, -0.2) is 0 Å². The van der Waals surface area contributed by atoms with Crippen molar-refractivity contribution in [1.29, 1.82) is 0 Å². The molecule has 5 aliphatic carbocycles. The Morgan fingerprint density at radius 2 is 1.29 bits per heavy atom. The molecule has 49 heavy (non-hydrogen) atoms. The van der Waals surface area contributed by atoms with Gasteiger partial charge in [0.25, 0.3) is 0 Å². The molecule has 5 atom stereocenters. The van der Waals surface area contributed by atoms with Crippen molar-refractivity contribution in [2.45, 2.75) is 82.5 Å². The minimum atomic E-state index is -0.00393. The van der Waals surface area contributed by atoms with Gasteiger partial charge < -0.3 is 9.64 Å². The van der Waals surface area contributed by atoms with Crippen LogP contribution < -0.4 is 9.64 Å². The summed E-state index contributed by atoms with van der Waals surface area (Å²) >= 11 is 0. The van der Waals surface area contributed by atoms with E-state index in [0.29, 0.717) is 11.8 Å². The zero-order valence-electron chi connectivity index (χ0n) is 29.4. The molecule has 4 saturated carbocycles. The Morgan fingerprint density at radius 3 is 2.06 bits per heavy atom. The maximum absolute atomic E-state index is 6.99. The second-order valence-corrected chi connectivity index (χ2v) is 17.2. The van der Waals surface area contributed by atoms with E-state index in [2.05, 4.69) is 148 Å². The maximum Gasteiger partial charge on any atom is 0.132 e. The molecule has 1 spiro atoms. The Morgan fingerprint density at radius 1 is 0.571 bits per heavy atom. The summed E-state index contributed by atoms with van der Waals surface area (Å²) in [5.74, 6) is 5.16. The molecule has 11 rings (SSSR count). The van der Waals surface area contributed by atoms with Crippen LogP contribution in [0.1, 0.15) is 88.5 Å². The summed E-state index contributed by atoms with van der Waals surface area (Å²) in [5, 5.41) is 0. The number of hydrogen-bond donors (Lipinski definition) is 0. The number of nitrogens with zero attached hydrogens (tertiary/aromatic N) is 1. The van der Waals surface area contributed by atoms with E-state index in [4.69, 9.17) is 4.74 Å². The number of para-hydroxylation sites is 2. The van der Waals surface area contributed by atoms with Gasteiger partial charge in [0.1, 0.15) is 11.5 Å². The molecule has 4 bridgehead atoms. The lowest BCUT2D eigenvalue weighted by atomic mass is 9.56. The molecule has 6 aliphatic rings. The first-order valence-corrected chi connectivity index (χ1v) is 18.8. The SMILES string of the molecule is CC1(C)CCC(C)(C)c2cc(N(c3ccccc3)c3cc4c(cc3-c3ccccc3)Oc3ccccc3C43C4CC5CC(C4)C3C5)ccc21. The molecule has 1 aliphatic heterocycles. The van der Waals surface area contributed by atoms with Crippen LogP contribution in [0.4, 0.5) is 17.1 Å². The number of rotatable bonds is 4. The van der Waals surface area contributed by atoms with Gasteiger partial charge in [-0.05, 0) is 132 Å². The van der Waals surface area contributed by atoms with Crippen molar-refractivity contribution in [3.8, 4) is 22.6 Å². The van der Waals surface area contributed by atoms with Gasteiger partial charge in [-0.3, -0.25) is 0 Å². The fraction of sp³-hybridized carbons (Fsp3) is 0.362. The van der Waals surface area contributed by atoms with Gasteiger partial charge in [0.2, 0.25) is 0 Å². The number of ether oxygens (including phenoxy) is 1. The summed E-state index contributed by atoms with van der Waals surface area (Å²) in [6.45, 7) is 9.73. The second kappa shape index (κ2) is 10.4. The van der Waals surface area contributed by atoms with Crippen molar-refractivity contribution in [2.75, 3.05) is 4.90 Å². The third-order valence-corrected chi connectivity index (χ3v) is 13.8. The average Bonchev–Trinajstić information content (AvgIpc) is 3.53. The lowest BCUT2D eigenvalue weighted by Crippen LogP contribution is -2.44. The van der Waals surface area contributed by atoms with Gasteiger partial charge in [0, 0.05) is 33.5 Å². The Hall–Kier alpha value is -4.30. The van der Waals surface area contributed by atoms with Gasteiger partial charge in [-0.15, -0.1) is 0 Å². The monoisotopic (exact) mass is 641 g/mol. The van der Waals surface area contributed by atoms with Crippen molar-refractivity contribution in [2.24, 2.45) is 23.7 Å². The van der Waals surface area contributed by atoms with Gasteiger partial charge in [-0.1, -0.05) is 100 Å². The van der Waals surface area contributed by atoms with E-state index in [-0.39, 0.29) is 16.2 Å². The Bertz CT molecular complexity index is 2090. The average molecular weight is 642 g/mol. The summed E-state index contributed by atoms with van der Waals surface area (Å²) in [5.41, 5.74) is 12.2. The molecule has 0 amide bonds. The van der Waals surface area contributed by atoms with Gasteiger partial charge >= 0.3 is 0 Å². The smallest absolute Gasteiger partial charge is 0.132 e. The van der Waals surface area contributed by atoms with Crippen molar-refractivity contribution < 1.29 is 4.74 Å². The minimum Gasteiger partial charge on any atom is -0.457 e. The molecule has 0 aromatic heterocycles. The highest BCUT2D eigenvalue weighted by atomic mass is 16.5. The Balaban J connectivity index is 1.26. The summed E-state index contributed by atoms with van der Waals surface area (Å²) in [7, 11) is 0. The van der Waals surface area contributed by atoms with E-state index in [1.165, 1.54) is 89.0 Å². The van der Waals surface area contributed by atoms with Crippen molar-refractivity contribution in [1.82, 2.24) is 0 Å².